The lowest BCUT2D eigenvalue weighted by Gasteiger charge is -2.14. The van der Waals surface area contributed by atoms with Crippen LogP contribution >= 0.6 is 11.6 Å². The van der Waals surface area contributed by atoms with Crippen LogP contribution in [-0.2, 0) is 11.3 Å². The number of nitrogens with zero attached hydrogens (tertiary/aromatic N) is 1. The van der Waals surface area contributed by atoms with Crippen LogP contribution in [0.4, 0.5) is 0 Å². The number of hydrogen-bond donors (Lipinski definition) is 0. The van der Waals surface area contributed by atoms with Crippen LogP contribution in [0.25, 0.3) is 0 Å². The molecule has 1 aromatic rings. The maximum atomic E-state index is 10.9. The van der Waals surface area contributed by atoms with E-state index in [1.807, 2.05) is 24.3 Å². The first-order valence-electron chi connectivity index (χ1n) is 4.06. The normalized spacial score (nSPS) is 9.77. The van der Waals surface area contributed by atoms with Crippen molar-refractivity contribution in [2.75, 3.05) is 7.05 Å². The molecule has 0 heterocycles. The van der Waals surface area contributed by atoms with Crippen LogP contribution in [0.1, 0.15) is 12.5 Å². The van der Waals surface area contributed by atoms with E-state index < -0.39 is 0 Å². The maximum absolute atomic E-state index is 10.9. The van der Waals surface area contributed by atoms with Crippen LogP contribution in [0, 0.1) is 0 Å². The van der Waals surface area contributed by atoms with E-state index >= 15 is 0 Å². The molecule has 0 spiro atoms. The number of hydrogen-bond acceptors (Lipinski definition) is 1. The number of halogens is 1. The summed E-state index contributed by atoms with van der Waals surface area (Å²) < 4.78 is 0. The molecule has 1 aromatic carbocycles. The van der Waals surface area contributed by atoms with Crippen LogP contribution in [0.2, 0.25) is 5.02 Å². The molecule has 0 aliphatic heterocycles. The summed E-state index contributed by atoms with van der Waals surface area (Å²) in [6, 6.07) is 7.49. The molecular weight excluding hydrogens is 186 g/mol. The van der Waals surface area contributed by atoms with Crippen LogP contribution in [0.3, 0.4) is 0 Å². The van der Waals surface area contributed by atoms with Crippen molar-refractivity contribution in [3.05, 3.63) is 34.9 Å². The smallest absolute Gasteiger partial charge is 0.219 e. The van der Waals surface area contributed by atoms with Gasteiger partial charge in [0.05, 0.1) is 0 Å². The first-order valence-corrected chi connectivity index (χ1v) is 4.43. The fourth-order valence-electron chi connectivity index (χ4n) is 0.975. The lowest BCUT2D eigenvalue weighted by atomic mass is 10.2. The average molecular weight is 198 g/mol. The van der Waals surface area contributed by atoms with E-state index in [4.69, 9.17) is 11.6 Å². The van der Waals surface area contributed by atoms with Gasteiger partial charge in [0.15, 0.2) is 0 Å². The van der Waals surface area contributed by atoms with Crippen molar-refractivity contribution >= 4 is 17.5 Å². The van der Waals surface area contributed by atoms with Gasteiger partial charge in [0.25, 0.3) is 0 Å². The SMILES string of the molecule is CC(=O)N(C)Cc1ccc(Cl)cc1. The minimum atomic E-state index is 0.0648. The molecule has 0 atom stereocenters. The minimum Gasteiger partial charge on any atom is -0.342 e. The van der Waals surface area contributed by atoms with Gasteiger partial charge in [0.1, 0.15) is 0 Å². The van der Waals surface area contributed by atoms with Crippen molar-refractivity contribution < 1.29 is 4.79 Å². The molecule has 0 bridgehead atoms. The van der Waals surface area contributed by atoms with Crippen molar-refractivity contribution in [2.24, 2.45) is 0 Å². The summed E-state index contributed by atoms with van der Waals surface area (Å²) in [6.07, 6.45) is 0. The molecule has 1 amide bonds. The lowest BCUT2D eigenvalue weighted by molar-refractivity contribution is -0.128. The molecular formula is C10H12ClNO. The second-order valence-electron chi connectivity index (χ2n) is 3.00. The van der Waals surface area contributed by atoms with Crippen molar-refractivity contribution in [1.82, 2.24) is 4.90 Å². The highest BCUT2D eigenvalue weighted by Gasteiger charge is 2.02. The number of carbonyl (C=O) groups excluding carboxylic acids is 1. The highest BCUT2D eigenvalue weighted by molar-refractivity contribution is 6.30. The summed E-state index contributed by atoms with van der Waals surface area (Å²) in [5.41, 5.74) is 1.09. The van der Waals surface area contributed by atoms with Gasteiger partial charge in [-0.15, -0.1) is 0 Å². The summed E-state index contributed by atoms with van der Waals surface area (Å²) in [4.78, 5) is 12.6. The second kappa shape index (κ2) is 4.28. The van der Waals surface area contributed by atoms with Crippen LogP contribution in [0.5, 0.6) is 0 Å². The van der Waals surface area contributed by atoms with Gasteiger partial charge in [-0.3, -0.25) is 4.79 Å². The molecule has 0 saturated carbocycles. The Morgan fingerprint density at radius 2 is 1.92 bits per heavy atom. The zero-order chi connectivity index (χ0) is 9.84. The Balaban J connectivity index is 2.64. The molecule has 0 unspecified atom stereocenters. The number of rotatable bonds is 2. The standard InChI is InChI=1S/C10H12ClNO/c1-8(13)12(2)7-9-3-5-10(11)6-4-9/h3-6H,7H2,1-2H3. The molecule has 2 nitrogen and oxygen atoms in total. The Morgan fingerprint density at radius 3 is 2.38 bits per heavy atom. The first-order chi connectivity index (χ1) is 6.09. The van der Waals surface area contributed by atoms with Crippen LogP contribution < -0.4 is 0 Å². The minimum absolute atomic E-state index is 0.0648. The quantitative estimate of drug-likeness (QED) is 0.713. The zero-order valence-electron chi connectivity index (χ0n) is 7.75. The third kappa shape index (κ3) is 3.07. The van der Waals surface area contributed by atoms with Crippen molar-refractivity contribution in [3.8, 4) is 0 Å². The lowest BCUT2D eigenvalue weighted by Crippen LogP contribution is -2.22. The van der Waals surface area contributed by atoms with Gasteiger partial charge in [0.2, 0.25) is 5.91 Å². The van der Waals surface area contributed by atoms with E-state index in [0.717, 1.165) is 5.56 Å². The maximum Gasteiger partial charge on any atom is 0.219 e. The van der Waals surface area contributed by atoms with Gasteiger partial charge in [0, 0.05) is 25.5 Å². The molecule has 0 radical (unpaired) electrons. The summed E-state index contributed by atoms with van der Waals surface area (Å²) >= 11 is 5.73. The first kappa shape index (κ1) is 10.1. The fraction of sp³-hybridized carbons (Fsp3) is 0.300. The van der Waals surface area contributed by atoms with E-state index in [1.54, 1.807) is 18.9 Å². The van der Waals surface area contributed by atoms with Gasteiger partial charge >= 0.3 is 0 Å². The van der Waals surface area contributed by atoms with Crippen molar-refractivity contribution in [3.63, 3.8) is 0 Å². The number of carbonyl (C=O) groups is 1. The highest BCUT2D eigenvalue weighted by Crippen LogP contribution is 2.10. The molecule has 0 aliphatic carbocycles. The molecule has 1 rings (SSSR count). The number of amides is 1. The Kier molecular flexibility index (Phi) is 3.32. The van der Waals surface area contributed by atoms with Crippen LogP contribution in [0.15, 0.2) is 24.3 Å². The van der Waals surface area contributed by atoms with Gasteiger partial charge in [-0.05, 0) is 17.7 Å². The molecule has 70 valence electrons. The largest absolute Gasteiger partial charge is 0.342 e. The Bertz CT molecular complexity index is 294. The molecule has 3 heteroatoms. The molecule has 0 fully saturated rings. The Labute approximate surface area is 83.1 Å². The summed E-state index contributed by atoms with van der Waals surface area (Å²) in [7, 11) is 1.77. The zero-order valence-corrected chi connectivity index (χ0v) is 8.51. The highest BCUT2D eigenvalue weighted by atomic mass is 35.5. The molecule has 0 N–H and O–H groups in total. The Morgan fingerprint density at radius 1 is 1.38 bits per heavy atom. The van der Waals surface area contributed by atoms with E-state index in [2.05, 4.69) is 0 Å². The summed E-state index contributed by atoms with van der Waals surface area (Å²) in [5.74, 6) is 0.0648. The average Bonchev–Trinajstić information content (AvgIpc) is 2.08. The van der Waals surface area contributed by atoms with Crippen LogP contribution in [-0.4, -0.2) is 17.9 Å². The van der Waals surface area contributed by atoms with Crippen molar-refractivity contribution in [2.45, 2.75) is 13.5 Å². The van der Waals surface area contributed by atoms with Gasteiger partial charge in [-0.25, -0.2) is 0 Å². The van der Waals surface area contributed by atoms with Gasteiger partial charge < -0.3 is 4.90 Å². The molecule has 0 aromatic heterocycles. The predicted molar refractivity (Wildman–Crippen MR) is 53.6 cm³/mol. The second-order valence-corrected chi connectivity index (χ2v) is 3.44. The molecule has 13 heavy (non-hydrogen) atoms. The Hall–Kier alpha value is -1.02. The topological polar surface area (TPSA) is 20.3 Å². The predicted octanol–water partition coefficient (Wildman–Crippen LogP) is 2.32. The summed E-state index contributed by atoms with van der Waals surface area (Å²) in [6.45, 7) is 2.18. The van der Waals surface area contributed by atoms with E-state index in [-0.39, 0.29) is 5.91 Å². The third-order valence-electron chi connectivity index (χ3n) is 1.87. The van der Waals surface area contributed by atoms with E-state index in [0.29, 0.717) is 11.6 Å². The van der Waals surface area contributed by atoms with Gasteiger partial charge in [-0.2, -0.15) is 0 Å². The monoisotopic (exact) mass is 197 g/mol. The fourth-order valence-corrected chi connectivity index (χ4v) is 1.10. The molecule has 0 aliphatic rings. The van der Waals surface area contributed by atoms with E-state index in [1.165, 1.54) is 0 Å². The van der Waals surface area contributed by atoms with Crippen molar-refractivity contribution in [1.29, 1.82) is 0 Å². The third-order valence-corrected chi connectivity index (χ3v) is 2.12. The van der Waals surface area contributed by atoms with Gasteiger partial charge in [-0.1, -0.05) is 23.7 Å². The molecule has 0 saturated heterocycles. The summed E-state index contributed by atoms with van der Waals surface area (Å²) in [5, 5.41) is 0.717. The number of benzene rings is 1. The van der Waals surface area contributed by atoms with E-state index in [9.17, 15) is 4.79 Å².